The number of unbranched alkanes of at least 4 members (excludes halogenated alkanes) is 6. The van der Waals surface area contributed by atoms with E-state index in [2.05, 4.69) is 26.0 Å². The summed E-state index contributed by atoms with van der Waals surface area (Å²) < 4.78 is 0. The Morgan fingerprint density at radius 2 is 0.964 bits per heavy atom. The van der Waals surface area contributed by atoms with Gasteiger partial charge in [0.05, 0.1) is 0 Å². The molecule has 2 nitrogen and oxygen atoms in total. The fourth-order valence-electron chi connectivity index (χ4n) is 4.09. The zero-order valence-electron chi connectivity index (χ0n) is 17.4. The average molecular weight is 377 g/mol. The Kier molecular flexibility index (Phi) is 7.19. The molecular weight excluding hydrogens is 344 g/mol. The molecule has 0 amide bonds. The Morgan fingerprint density at radius 3 is 1.36 bits per heavy atom. The minimum absolute atomic E-state index is 0.365. The molecule has 1 aliphatic rings. The molecule has 2 aromatic carbocycles. The van der Waals surface area contributed by atoms with Gasteiger partial charge in [-0.3, -0.25) is 9.59 Å². The van der Waals surface area contributed by atoms with Crippen molar-refractivity contribution in [1.82, 2.24) is 0 Å². The van der Waals surface area contributed by atoms with Crippen LogP contribution in [-0.2, 0) is 12.8 Å². The average Bonchev–Trinajstić information content (AvgIpc) is 2.72. The zero-order chi connectivity index (χ0) is 19.9. The van der Waals surface area contributed by atoms with E-state index in [1.165, 1.54) is 62.5 Å². The summed E-state index contributed by atoms with van der Waals surface area (Å²) in [5, 5.41) is 0. The van der Waals surface area contributed by atoms with E-state index in [0.29, 0.717) is 11.1 Å². The molecule has 3 rings (SSSR count). The highest BCUT2D eigenvalue weighted by molar-refractivity contribution is 6.53. The normalized spacial score (nSPS) is 12.8. The minimum Gasteiger partial charge on any atom is -0.285 e. The van der Waals surface area contributed by atoms with E-state index >= 15 is 0 Å². The second-order valence-corrected chi connectivity index (χ2v) is 8.04. The van der Waals surface area contributed by atoms with Crippen molar-refractivity contribution in [3.05, 3.63) is 58.7 Å². The third-order valence-electron chi connectivity index (χ3n) is 5.79. The standard InChI is InChI=1S/C26H32O2/c1-3-5-7-9-11-19-13-15-21-23(17-19)24-18-20(12-10-8-6-4-2)14-16-22(24)26(28)25(21)27/h13-18H,3-12H2,1-2H3. The first kappa shape index (κ1) is 20.5. The predicted molar refractivity (Wildman–Crippen MR) is 116 cm³/mol. The molecule has 148 valence electrons. The molecular formula is C26H32O2. The molecule has 0 fully saturated rings. The summed E-state index contributed by atoms with van der Waals surface area (Å²) in [6, 6.07) is 12.1. The van der Waals surface area contributed by atoms with Crippen LogP contribution in [0.3, 0.4) is 0 Å². The van der Waals surface area contributed by atoms with Crippen LogP contribution in [0.2, 0.25) is 0 Å². The van der Waals surface area contributed by atoms with E-state index in [1.807, 2.05) is 24.3 Å². The molecule has 0 N–H and O–H groups in total. The number of ketones is 2. The first-order valence-corrected chi connectivity index (χ1v) is 11.0. The van der Waals surface area contributed by atoms with Crippen molar-refractivity contribution < 1.29 is 9.59 Å². The smallest absolute Gasteiger partial charge is 0.234 e. The monoisotopic (exact) mass is 376 g/mol. The van der Waals surface area contributed by atoms with Crippen molar-refractivity contribution in [1.29, 1.82) is 0 Å². The number of benzene rings is 2. The quantitative estimate of drug-likeness (QED) is 0.331. The maximum Gasteiger partial charge on any atom is 0.234 e. The van der Waals surface area contributed by atoms with Crippen molar-refractivity contribution in [2.24, 2.45) is 0 Å². The van der Waals surface area contributed by atoms with Crippen LogP contribution < -0.4 is 0 Å². The molecule has 0 bridgehead atoms. The first-order valence-electron chi connectivity index (χ1n) is 11.0. The van der Waals surface area contributed by atoms with Crippen LogP contribution in [0, 0.1) is 0 Å². The number of fused-ring (bicyclic) bond motifs is 3. The van der Waals surface area contributed by atoms with Gasteiger partial charge in [-0.2, -0.15) is 0 Å². The fourth-order valence-corrected chi connectivity index (χ4v) is 4.09. The number of aryl methyl sites for hydroxylation is 2. The van der Waals surface area contributed by atoms with Gasteiger partial charge in [0.1, 0.15) is 0 Å². The van der Waals surface area contributed by atoms with Crippen molar-refractivity contribution in [2.75, 3.05) is 0 Å². The molecule has 2 aromatic rings. The number of carbonyl (C=O) groups is 2. The summed E-state index contributed by atoms with van der Waals surface area (Å²) in [5.41, 5.74) is 5.55. The van der Waals surface area contributed by atoms with Crippen LogP contribution in [-0.4, -0.2) is 11.6 Å². The SMILES string of the molecule is CCCCCCc1ccc2c(c1)-c1cc(CCCCCC)ccc1C(=O)C2=O. The lowest BCUT2D eigenvalue weighted by Gasteiger charge is -2.20. The molecule has 28 heavy (non-hydrogen) atoms. The molecule has 0 spiro atoms. The van der Waals surface area contributed by atoms with E-state index in [4.69, 9.17) is 0 Å². The topological polar surface area (TPSA) is 34.1 Å². The van der Waals surface area contributed by atoms with Crippen LogP contribution >= 0.6 is 0 Å². The minimum atomic E-state index is -0.365. The molecule has 2 heteroatoms. The van der Waals surface area contributed by atoms with E-state index in [0.717, 1.165) is 24.0 Å². The predicted octanol–water partition coefficient (Wildman–Crippen LogP) is 6.98. The molecule has 0 saturated heterocycles. The van der Waals surface area contributed by atoms with E-state index in [-0.39, 0.29) is 11.6 Å². The molecule has 0 aromatic heterocycles. The Hall–Kier alpha value is -2.22. The molecule has 0 atom stereocenters. The Bertz CT molecular complexity index is 776. The first-order chi connectivity index (χ1) is 13.7. The third-order valence-corrected chi connectivity index (χ3v) is 5.79. The number of hydrogen-bond donors (Lipinski definition) is 0. The second kappa shape index (κ2) is 9.82. The summed E-state index contributed by atoms with van der Waals surface area (Å²) in [6.45, 7) is 4.44. The van der Waals surface area contributed by atoms with Crippen molar-refractivity contribution in [2.45, 2.75) is 78.1 Å². The second-order valence-electron chi connectivity index (χ2n) is 8.04. The van der Waals surface area contributed by atoms with Gasteiger partial charge in [0.25, 0.3) is 0 Å². The number of hydrogen-bond acceptors (Lipinski definition) is 2. The van der Waals surface area contributed by atoms with E-state index < -0.39 is 0 Å². The van der Waals surface area contributed by atoms with Gasteiger partial charge in [-0.15, -0.1) is 0 Å². The van der Waals surface area contributed by atoms with Crippen LogP contribution in [0.5, 0.6) is 0 Å². The summed E-state index contributed by atoms with van der Waals surface area (Å²) in [4.78, 5) is 25.1. The van der Waals surface area contributed by atoms with Gasteiger partial charge in [0.2, 0.25) is 11.6 Å². The number of Topliss-reactive ketones (excluding diaryl/α,β-unsaturated/α-hetero) is 2. The summed E-state index contributed by atoms with van der Waals surface area (Å²) in [6.07, 6.45) is 11.9. The molecule has 0 unspecified atom stereocenters. The van der Waals surface area contributed by atoms with Crippen molar-refractivity contribution in [3.63, 3.8) is 0 Å². The van der Waals surface area contributed by atoms with Crippen LogP contribution in [0.25, 0.3) is 11.1 Å². The van der Waals surface area contributed by atoms with E-state index in [1.54, 1.807) is 0 Å². The van der Waals surface area contributed by atoms with Gasteiger partial charge in [0, 0.05) is 11.1 Å². The largest absolute Gasteiger partial charge is 0.285 e. The van der Waals surface area contributed by atoms with Crippen molar-refractivity contribution >= 4 is 11.6 Å². The highest BCUT2D eigenvalue weighted by Crippen LogP contribution is 2.35. The molecule has 1 aliphatic carbocycles. The highest BCUT2D eigenvalue weighted by atomic mass is 16.2. The summed E-state index contributed by atoms with van der Waals surface area (Å²) in [5.74, 6) is -0.730. The lowest BCUT2D eigenvalue weighted by Crippen LogP contribution is -2.21. The van der Waals surface area contributed by atoms with Crippen LogP contribution in [0.15, 0.2) is 36.4 Å². The van der Waals surface area contributed by atoms with Gasteiger partial charge < -0.3 is 0 Å². The Morgan fingerprint density at radius 1 is 0.536 bits per heavy atom. The highest BCUT2D eigenvalue weighted by Gasteiger charge is 2.30. The maximum atomic E-state index is 12.6. The Labute approximate surface area is 169 Å². The summed E-state index contributed by atoms with van der Waals surface area (Å²) >= 11 is 0. The maximum absolute atomic E-state index is 12.6. The molecule has 0 aliphatic heterocycles. The molecule has 0 heterocycles. The zero-order valence-corrected chi connectivity index (χ0v) is 17.4. The van der Waals surface area contributed by atoms with Gasteiger partial charge in [-0.05, 0) is 47.9 Å². The van der Waals surface area contributed by atoms with Gasteiger partial charge in [-0.25, -0.2) is 0 Å². The van der Waals surface area contributed by atoms with Gasteiger partial charge in [0.15, 0.2) is 0 Å². The van der Waals surface area contributed by atoms with Crippen LogP contribution in [0.1, 0.15) is 97.1 Å². The molecule has 0 radical (unpaired) electrons. The van der Waals surface area contributed by atoms with Gasteiger partial charge >= 0.3 is 0 Å². The molecule has 0 saturated carbocycles. The fraction of sp³-hybridized carbons (Fsp3) is 0.462. The summed E-state index contributed by atoms with van der Waals surface area (Å²) in [7, 11) is 0. The van der Waals surface area contributed by atoms with Crippen LogP contribution in [0.4, 0.5) is 0 Å². The lowest BCUT2D eigenvalue weighted by atomic mass is 9.81. The lowest BCUT2D eigenvalue weighted by molar-refractivity contribution is 0.0815. The van der Waals surface area contributed by atoms with Crippen molar-refractivity contribution in [3.8, 4) is 11.1 Å². The van der Waals surface area contributed by atoms with E-state index in [9.17, 15) is 9.59 Å². The Balaban J connectivity index is 1.87. The third kappa shape index (κ3) is 4.60. The number of carbonyl (C=O) groups excluding carboxylic acids is 2. The number of rotatable bonds is 10. The van der Waals surface area contributed by atoms with Gasteiger partial charge in [-0.1, -0.05) is 88.8 Å².